The maximum atomic E-state index is 13.8. The molecule has 2 aliphatic heterocycles. The highest BCUT2D eigenvalue weighted by atomic mass is 35.5. The van der Waals surface area contributed by atoms with E-state index in [1.165, 1.54) is 31.3 Å². The molecule has 93 heavy (non-hydrogen) atoms. The number of aliphatic hydroxyl groups excluding tert-OH is 1. The third-order valence-corrected chi connectivity index (χ3v) is 17.2. The van der Waals surface area contributed by atoms with Gasteiger partial charge < -0.3 is 26.4 Å². The highest BCUT2D eigenvalue weighted by molar-refractivity contribution is 8.25. The van der Waals surface area contributed by atoms with E-state index in [-0.39, 0.29) is 51.4 Å². The maximum Gasteiger partial charge on any atom is 0.427 e. The van der Waals surface area contributed by atoms with Crippen molar-refractivity contribution in [2.24, 2.45) is 11.8 Å². The van der Waals surface area contributed by atoms with Gasteiger partial charge in [-0.1, -0.05) is 47.9 Å². The number of nitrogens with one attached hydrogen (secondary N) is 4. The van der Waals surface area contributed by atoms with Gasteiger partial charge in [-0.05, 0) is 73.4 Å². The van der Waals surface area contributed by atoms with Crippen LogP contribution < -0.4 is 21.3 Å². The first-order chi connectivity index (χ1) is 42.9. The number of aliphatic hydroxyl groups is 1. The van der Waals surface area contributed by atoms with Gasteiger partial charge >= 0.3 is 12.4 Å². The molecule has 2 fully saturated rings. The lowest BCUT2D eigenvalue weighted by molar-refractivity contribution is -0.178. The topological polar surface area (TPSA) is 68.3 Å². The van der Waals surface area contributed by atoms with Crippen LogP contribution in [0.3, 0.4) is 0 Å². The van der Waals surface area contributed by atoms with Crippen LogP contribution in [-0.2, 0) is 23.6 Å². The first-order valence-electron chi connectivity index (χ1n) is 29.2. The Labute approximate surface area is 609 Å². The molecule has 53 radical (unpaired) electrons. The third kappa shape index (κ3) is 23.5. The van der Waals surface area contributed by atoms with Crippen LogP contribution in [0.2, 0.25) is 0 Å². The predicted octanol–water partition coefficient (Wildman–Crippen LogP) is -12.1. The molecule has 2 aromatic rings. The molecule has 4 aliphatic rings. The van der Waals surface area contributed by atoms with E-state index in [0.717, 1.165) is 25.7 Å². The van der Waals surface area contributed by atoms with E-state index in [1.54, 1.807) is 12.1 Å². The molecule has 0 amide bonds. The molecule has 2 heterocycles. The minimum Gasteiger partial charge on any atom is -0.392 e. The van der Waals surface area contributed by atoms with E-state index in [2.05, 4.69) is 44.9 Å². The lowest BCUT2D eigenvalue weighted by Crippen LogP contribution is -2.85. The fourth-order valence-electron chi connectivity index (χ4n) is 11.6. The van der Waals surface area contributed by atoms with Gasteiger partial charge in [0, 0.05) is 389 Å². The molecule has 2 aliphatic carbocycles. The molecule has 2 saturated carbocycles. The molecule has 5 N–H and O–H groups in total. The Kier molecular flexibility index (Phi) is 35.9. The number of hydrogen-bond acceptors (Lipinski definition) is 3. The third-order valence-electron chi connectivity index (χ3n) is 16.5. The molecule has 5 nitrogen and oxygen atoms in total. The fraction of sp³-hybridized carbons (Fsp3) is 0.400. The van der Waals surface area contributed by atoms with Gasteiger partial charge in [0.2, 0.25) is 11.1 Å². The van der Waals surface area contributed by atoms with E-state index in [0.29, 0.717) is 16.8 Å². The van der Waals surface area contributed by atoms with E-state index in [9.17, 15) is 26.3 Å². The van der Waals surface area contributed by atoms with Crippen molar-refractivity contribution in [2.75, 3.05) is 10.6 Å². The summed E-state index contributed by atoms with van der Waals surface area (Å²) in [6.45, 7) is -0.262. The summed E-state index contributed by atoms with van der Waals surface area (Å²) >= 11 is 15.6. The van der Waals surface area contributed by atoms with Crippen molar-refractivity contribution < 1.29 is 31.4 Å². The first-order valence-corrected chi connectivity index (χ1v) is 30.5. The molecule has 379 valence electrons. The van der Waals surface area contributed by atoms with Crippen molar-refractivity contribution >= 4 is 406 Å². The highest BCUT2D eigenvalue weighted by Crippen LogP contribution is 2.46. The van der Waals surface area contributed by atoms with Crippen LogP contribution >= 0.6 is 36.0 Å². The quantitative estimate of drug-likeness (QED) is 0.0250. The van der Waals surface area contributed by atoms with Crippen LogP contribution in [0, 0.1) is 35.5 Å². The monoisotopic (exact) mass is 1210 g/mol. The SMILES string of the molecule is FC(F)(F)C1(C#CC2CC2)NC(=S)Nc2cc(CCl)ccc21.OCc1ccc2c(c1)NC(=S)NC2(C#CC1CC1)C(F)(F)F.[B]B([B])B([B])B(B([B])[B])B(B(B([B])[B])B([B])[B])B(B([B])[B])B([B])[B].[B][B]B(B([B])[B])B(B([B])[B])B(B(B([B])[B])B([B])[B])B(B([B])[B])B([B])[B]. The zero-order valence-electron chi connectivity index (χ0n) is 51.1. The van der Waals surface area contributed by atoms with E-state index in [1.807, 2.05) is 0 Å². The van der Waals surface area contributed by atoms with Gasteiger partial charge in [0.25, 0.3) is 0 Å². The Balaban J connectivity index is 0.000000324. The number of alkyl halides is 7. The van der Waals surface area contributed by atoms with Crippen LogP contribution in [0.5, 0.6) is 0 Å². The molecule has 0 bridgehead atoms. The predicted molar refractivity (Wildman–Crippen MR) is 445 cm³/mol. The number of halogens is 7. The van der Waals surface area contributed by atoms with Gasteiger partial charge in [0.1, 0.15) is 0 Å². The zero-order valence-corrected chi connectivity index (χ0v) is 53.4. The van der Waals surface area contributed by atoms with Gasteiger partial charge in [-0.15, -0.1) is 11.6 Å². The molecule has 0 aromatic heterocycles. The van der Waals surface area contributed by atoms with E-state index >= 15 is 0 Å². The smallest absolute Gasteiger partial charge is 0.392 e. The minimum absolute atomic E-state index is 0.0237. The Bertz CT molecular complexity index is 2660. The van der Waals surface area contributed by atoms with Crippen molar-refractivity contribution in [3.63, 3.8) is 0 Å². The van der Waals surface area contributed by atoms with Crippen molar-refractivity contribution in [3.8, 4) is 23.7 Å². The molecule has 2 unspecified atom stereocenters. The van der Waals surface area contributed by atoms with Crippen LogP contribution in [0.25, 0.3) is 0 Å². The molecule has 2 aromatic carbocycles. The zero-order chi connectivity index (χ0) is 71.3. The van der Waals surface area contributed by atoms with E-state index < -0.39 is 164 Å². The summed E-state index contributed by atoms with van der Waals surface area (Å²) in [6, 6.07) is 8.80. The maximum absolute atomic E-state index is 13.8. The Morgan fingerprint density at radius 1 is 0.462 bits per heavy atom. The number of benzene rings is 2. The summed E-state index contributed by atoms with van der Waals surface area (Å²) in [5.74, 6) is 10.5. The van der Waals surface area contributed by atoms with Crippen LogP contribution in [0.4, 0.5) is 37.7 Å². The van der Waals surface area contributed by atoms with E-state index in [4.69, 9.17) is 242 Å². The molecule has 63 heteroatoms. The molecular weight excluding hydrogens is 1180 g/mol. The Hall–Kier alpha value is -0.0482. The van der Waals surface area contributed by atoms with Crippen molar-refractivity contribution in [2.45, 2.75) is 61.6 Å². The second-order valence-electron chi connectivity index (χ2n) is 23.7. The second kappa shape index (κ2) is 38.3. The van der Waals surface area contributed by atoms with Crippen LogP contribution in [0.1, 0.15) is 47.9 Å². The van der Waals surface area contributed by atoms with Crippen molar-refractivity contribution in [1.82, 2.24) is 10.6 Å². The number of hydrogen-bond donors (Lipinski definition) is 5. The standard InChI is InChI=1S/C15H12ClF3N2S.C15H13F3N2OS.B25.B24/c16-8-10-3-4-11-12(7-10)20-13(22)21-14(11,15(17,18)19)6-5-9-1-2-9;16-15(17,18)14(6-5-9-1-2-9)11-4-3-10(8-21)7-12(11)19-13(22)20-14;1-14-21(15(2)3)24(20(12)13)25(22(16(4)5)17(6)7)23(18(8)9)19(10)11;1-14(2)20(13)23(19(11)12)24(21(15(3)4)16(5)6)22(17(7)8)18(9)10/h3-4,7,9H,1-2,8H2,(H2,20,21,22);3-4,7,9,21H,1-2,8H2,(H2,19,20,22);;. The average Bonchev–Trinajstić information content (AvgIpc) is 1.73. The molecule has 2 atom stereocenters. The summed E-state index contributed by atoms with van der Waals surface area (Å²) in [4.78, 5) is 0. The Morgan fingerprint density at radius 2 is 0.763 bits per heavy atom. The minimum atomic E-state index is -4.63. The largest absolute Gasteiger partial charge is 0.427 e. The van der Waals surface area contributed by atoms with Crippen LogP contribution in [-0.4, -0.2) is 376 Å². The normalized spacial score (nSPS) is 16.1. The molecule has 0 saturated heterocycles. The first kappa shape index (κ1) is 87.2. The van der Waals surface area contributed by atoms with Gasteiger partial charge in [-0.2, -0.15) is 26.3 Å². The second-order valence-corrected chi connectivity index (χ2v) is 24.8. The summed E-state index contributed by atoms with van der Waals surface area (Å²) < 4.78 is 82.9. The molecule has 6 rings (SSSR count). The van der Waals surface area contributed by atoms with Crippen molar-refractivity contribution in [3.05, 3.63) is 58.7 Å². The number of rotatable bonds is 23. The van der Waals surface area contributed by atoms with Gasteiger partial charge in [0.15, 0.2) is 10.2 Å². The summed E-state index contributed by atoms with van der Waals surface area (Å²) in [5.41, 5.74) is -3.26. The van der Waals surface area contributed by atoms with Crippen molar-refractivity contribution in [1.29, 1.82) is 0 Å². The lowest BCUT2D eigenvalue weighted by atomic mass is 8.35. The summed E-state index contributed by atoms with van der Waals surface area (Å²) in [6.07, 6.45) is -24.6. The lowest BCUT2D eigenvalue weighted by Gasteiger charge is -2.47. The highest BCUT2D eigenvalue weighted by Gasteiger charge is 2.60. The molecule has 0 spiro atoms. The summed E-state index contributed by atoms with van der Waals surface area (Å²) in [7, 11) is 154. The molecular formula is C30H25B49ClF6N4OS2. The van der Waals surface area contributed by atoms with Gasteiger partial charge in [-0.3, -0.25) is 0 Å². The fourth-order valence-corrected chi connectivity index (χ4v) is 12.3. The Morgan fingerprint density at radius 3 is 1.01 bits per heavy atom. The average molecular weight is 1200 g/mol. The number of thiocarbonyl (C=S) groups is 2. The number of anilines is 2. The summed E-state index contributed by atoms with van der Waals surface area (Å²) in [5, 5.41) is 19.0. The van der Waals surface area contributed by atoms with Gasteiger partial charge in [-0.25, -0.2) is 0 Å². The van der Waals surface area contributed by atoms with Gasteiger partial charge in [0.05, 0.1) is 6.61 Å². The number of fused-ring (bicyclic) bond motifs is 2. The van der Waals surface area contributed by atoms with Crippen LogP contribution in [0.15, 0.2) is 36.4 Å².